The monoisotopic (exact) mass is 380 g/mol. The molecule has 0 unspecified atom stereocenters. The maximum atomic E-state index is 12.0. The molecule has 3 aliphatic rings. The minimum Gasteiger partial charge on any atom is -0.466 e. The molecule has 1 N–H and O–H groups in total. The van der Waals surface area contributed by atoms with E-state index in [0.717, 1.165) is 64.5 Å². The number of likely N-dealkylation sites (tertiary alicyclic amines) is 2. The summed E-state index contributed by atoms with van der Waals surface area (Å²) >= 11 is 0. The number of hydrogen-bond donors (Lipinski definition) is 1. The maximum absolute atomic E-state index is 12.0. The van der Waals surface area contributed by atoms with Gasteiger partial charge in [-0.15, -0.1) is 0 Å². The average molecular weight is 381 g/mol. The molecule has 3 aliphatic heterocycles. The van der Waals surface area contributed by atoms with Gasteiger partial charge in [-0.1, -0.05) is 0 Å². The highest BCUT2D eigenvalue weighted by atomic mass is 16.5. The number of ether oxygens (including phenoxy) is 2. The Morgan fingerprint density at radius 2 is 1.85 bits per heavy atom. The zero-order valence-electron chi connectivity index (χ0n) is 17.0. The molecule has 27 heavy (non-hydrogen) atoms. The molecule has 0 aromatic rings. The van der Waals surface area contributed by atoms with E-state index in [1.807, 2.05) is 14.0 Å². The van der Waals surface area contributed by atoms with Crippen molar-refractivity contribution in [2.75, 3.05) is 59.6 Å². The van der Waals surface area contributed by atoms with Crippen molar-refractivity contribution in [1.82, 2.24) is 15.1 Å². The molecule has 7 nitrogen and oxygen atoms in total. The first-order valence-corrected chi connectivity index (χ1v) is 10.6. The standard InChI is InChI=1S/C20H36N4O3/c1-3-27-18(25)17-6-12-23(13-7-17)19(21-2)22-16-20(8-14-26-15-9-20)24-10-4-5-11-24/h17H,3-16H2,1-2H3,(H,21,22). The molecular formula is C20H36N4O3. The van der Waals surface area contributed by atoms with Gasteiger partial charge < -0.3 is 19.7 Å². The van der Waals surface area contributed by atoms with Gasteiger partial charge in [0.1, 0.15) is 0 Å². The fraction of sp³-hybridized carbons (Fsp3) is 0.900. The number of hydrogen-bond acceptors (Lipinski definition) is 5. The minimum atomic E-state index is -0.0460. The van der Waals surface area contributed by atoms with Crippen molar-refractivity contribution in [3.8, 4) is 0 Å². The molecule has 0 saturated carbocycles. The Morgan fingerprint density at radius 3 is 2.44 bits per heavy atom. The van der Waals surface area contributed by atoms with Gasteiger partial charge in [-0.2, -0.15) is 0 Å². The number of esters is 1. The molecule has 0 aliphatic carbocycles. The van der Waals surface area contributed by atoms with Crippen molar-refractivity contribution in [1.29, 1.82) is 0 Å². The van der Waals surface area contributed by atoms with Crippen LogP contribution in [0, 0.1) is 5.92 Å². The summed E-state index contributed by atoms with van der Waals surface area (Å²) in [6.45, 7) is 9.04. The van der Waals surface area contributed by atoms with Crippen LogP contribution in [0.15, 0.2) is 4.99 Å². The highest BCUT2D eigenvalue weighted by Crippen LogP contribution is 2.31. The molecule has 154 valence electrons. The van der Waals surface area contributed by atoms with Crippen molar-refractivity contribution in [3.05, 3.63) is 0 Å². The first-order valence-electron chi connectivity index (χ1n) is 10.6. The van der Waals surface area contributed by atoms with Crippen LogP contribution in [-0.2, 0) is 14.3 Å². The Balaban J connectivity index is 1.54. The number of nitrogens with one attached hydrogen (secondary N) is 1. The summed E-state index contributed by atoms with van der Waals surface area (Å²) in [5.41, 5.74) is 0.188. The lowest BCUT2D eigenvalue weighted by Gasteiger charge is -2.45. The van der Waals surface area contributed by atoms with E-state index in [1.165, 1.54) is 25.9 Å². The van der Waals surface area contributed by atoms with Crippen molar-refractivity contribution in [2.24, 2.45) is 10.9 Å². The predicted molar refractivity (Wildman–Crippen MR) is 106 cm³/mol. The second-order valence-electron chi connectivity index (χ2n) is 7.95. The Morgan fingerprint density at radius 1 is 1.19 bits per heavy atom. The van der Waals surface area contributed by atoms with Gasteiger partial charge in [0.2, 0.25) is 0 Å². The number of carbonyl (C=O) groups is 1. The molecule has 0 aromatic carbocycles. The number of piperidine rings is 1. The van der Waals surface area contributed by atoms with Crippen molar-refractivity contribution >= 4 is 11.9 Å². The van der Waals surface area contributed by atoms with Gasteiger partial charge in [0.05, 0.1) is 12.5 Å². The summed E-state index contributed by atoms with van der Waals surface area (Å²) in [6, 6.07) is 0. The Hall–Kier alpha value is -1.34. The zero-order chi connectivity index (χ0) is 19.1. The van der Waals surface area contributed by atoms with Gasteiger partial charge in [0.25, 0.3) is 0 Å². The molecular weight excluding hydrogens is 344 g/mol. The van der Waals surface area contributed by atoms with Crippen molar-refractivity contribution in [3.63, 3.8) is 0 Å². The van der Waals surface area contributed by atoms with E-state index < -0.39 is 0 Å². The molecule has 0 radical (unpaired) electrons. The molecule has 3 fully saturated rings. The van der Waals surface area contributed by atoms with E-state index in [1.54, 1.807) is 0 Å². The molecule has 0 aromatic heterocycles. The van der Waals surface area contributed by atoms with E-state index in [4.69, 9.17) is 9.47 Å². The molecule has 0 bridgehead atoms. The van der Waals surface area contributed by atoms with E-state index in [-0.39, 0.29) is 17.4 Å². The number of rotatable bonds is 5. The molecule has 0 amide bonds. The van der Waals surface area contributed by atoms with Crippen LogP contribution in [0.4, 0.5) is 0 Å². The Kier molecular flexibility index (Phi) is 7.35. The molecule has 7 heteroatoms. The van der Waals surface area contributed by atoms with Crippen LogP contribution < -0.4 is 5.32 Å². The molecule has 3 rings (SSSR count). The van der Waals surface area contributed by atoms with Gasteiger partial charge >= 0.3 is 5.97 Å². The maximum Gasteiger partial charge on any atom is 0.309 e. The normalized spacial score (nSPS) is 24.8. The van der Waals surface area contributed by atoms with E-state index in [9.17, 15) is 4.79 Å². The van der Waals surface area contributed by atoms with E-state index in [0.29, 0.717) is 6.61 Å². The van der Waals surface area contributed by atoms with Crippen LogP contribution in [0.1, 0.15) is 45.4 Å². The number of carbonyl (C=O) groups excluding carboxylic acids is 1. The van der Waals surface area contributed by atoms with E-state index in [2.05, 4.69) is 20.1 Å². The third-order valence-electron chi connectivity index (χ3n) is 6.40. The lowest BCUT2D eigenvalue weighted by atomic mass is 9.88. The number of aliphatic imine (C=N–C) groups is 1. The Bertz CT molecular complexity index is 505. The second kappa shape index (κ2) is 9.73. The zero-order valence-corrected chi connectivity index (χ0v) is 17.0. The smallest absolute Gasteiger partial charge is 0.309 e. The SMILES string of the molecule is CCOC(=O)C1CCN(C(=NC)NCC2(N3CCCC3)CCOCC2)CC1. The summed E-state index contributed by atoms with van der Waals surface area (Å²) in [5.74, 6) is 0.948. The van der Waals surface area contributed by atoms with Gasteiger partial charge in [-0.25, -0.2) is 0 Å². The summed E-state index contributed by atoms with van der Waals surface area (Å²) in [6.07, 6.45) is 6.45. The third-order valence-corrected chi connectivity index (χ3v) is 6.40. The Labute approximate surface area is 163 Å². The van der Waals surface area contributed by atoms with Gasteiger partial charge in [-0.3, -0.25) is 14.7 Å². The van der Waals surface area contributed by atoms with Crippen LogP contribution in [0.3, 0.4) is 0 Å². The molecule has 0 spiro atoms. The highest BCUT2D eigenvalue weighted by Gasteiger charge is 2.40. The van der Waals surface area contributed by atoms with Gasteiger partial charge in [0.15, 0.2) is 5.96 Å². The number of guanidine groups is 1. The van der Waals surface area contributed by atoms with Crippen LogP contribution in [0.2, 0.25) is 0 Å². The molecule has 3 heterocycles. The summed E-state index contributed by atoms with van der Waals surface area (Å²) in [4.78, 5) is 21.4. The van der Waals surface area contributed by atoms with Crippen LogP contribution in [0.25, 0.3) is 0 Å². The van der Waals surface area contributed by atoms with Gasteiger partial charge in [0, 0.05) is 45.4 Å². The highest BCUT2D eigenvalue weighted by molar-refractivity contribution is 5.80. The van der Waals surface area contributed by atoms with Crippen LogP contribution in [-0.4, -0.2) is 86.9 Å². The predicted octanol–water partition coefficient (Wildman–Crippen LogP) is 1.48. The van der Waals surface area contributed by atoms with Gasteiger partial charge in [-0.05, 0) is 58.5 Å². The first kappa shape index (κ1) is 20.4. The average Bonchev–Trinajstić information content (AvgIpc) is 3.25. The minimum absolute atomic E-state index is 0.0331. The van der Waals surface area contributed by atoms with Crippen molar-refractivity contribution in [2.45, 2.75) is 51.0 Å². The van der Waals surface area contributed by atoms with Crippen molar-refractivity contribution < 1.29 is 14.3 Å². The molecule has 0 atom stereocenters. The summed E-state index contributed by atoms with van der Waals surface area (Å²) < 4.78 is 10.8. The van der Waals surface area contributed by atoms with E-state index >= 15 is 0 Å². The van der Waals surface area contributed by atoms with Crippen LogP contribution >= 0.6 is 0 Å². The molecule has 3 saturated heterocycles. The topological polar surface area (TPSA) is 66.4 Å². The summed E-state index contributed by atoms with van der Waals surface area (Å²) in [7, 11) is 1.85. The fourth-order valence-corrected chi connectivity index (χ4v) is 4.71. The lowest BCUT2D eigenvalue weighted by Crippen LogP contribution is -2.59. The fourth-order valence-electron chi connectivity index (χ4n) is 4.71. The summed E-state index contributed by atoms with van der Waals surface area (Å²) in [5, 5.41) is 3.66. The number of nitrogens with zero attached hydrogens (tertiary/aromatic N) is 3. The lowest BCUT2D eigenvalue weighted by molar-refractivity contribution is -0.149. The largest absolute Gasteiger partial charge is 0.466 e. The third kappa shape index (κ3) is 4.93. The van der Waals surface area contributed by atoms with Crippen LogP contribution in [0.5, 0.6) is 0 Å². The first-order chi connectivity index (χ1) is 13.2. The second-order valence-corrected chi connectivity index (χ2v) is 7.95. The quantitative estimate of drug-likeness (QED) is 0.443.